The summed E-state index contributed by atoms with van der Waals surface area (Å²) in [6.45, 7) is 1.35. The zero-order valence-corrected chi connectivity index (χ0v) is 12.8. The molecule has 1 fully saturated rings. The van der Waals surface area contributed by atoms with E-state index in [9.17, 15) is 22.7 Å². The first-order valence-electron chi connectivity index (χ1n) is 7.71. The first-order chi connectivity index (χ1) is 10.8. The molecule has 0 amide bonds. The molecule has 0 radical (unpaired) electrons. The van der Waals surface area contributed by atoms with E-state index in [1.165, 1.54) is 12.1 Å². The van der Waals surface area contributed by atoms with Crippen molar-refractivity contribution >= 4 is 0 Å². The zero-order valence-electron chi connectivity index (χ0n) is 12.8. The summed E-state index contributed by atoms with van der Waals surface area (Å²) in [5, 5.41) is 9.96. The van der Waals surface area contributed by atoms with Gasteiger partial charge >= 0.3 is 0 Å². The smallest absolute Gasteiger partial charge is 0.166 e. The Labute approximate surface area is 131 Å². The number of hydrogen-bond acceptors (Lipinski definition) is 2. The summed E-state index contributed by atoms with van der Waals surface area (Å²) < 4.78 is 61.4. The molecule has 6 heteroatoms. The van der Waals surface area contributed by atoms with Gasteiger partial charge in [-0.2, -0.15) is 0 Å². The first-order valence-corrected chi connectivity index (χ1v) is 7.71. The molecular formula is C17H18F4O2. The van der Waals surface area contributed by atoms with Crippen LogP contribution in [0.4, 0.5) is 17.6 Å². The number of aliphatic hydroxyl groups is 1. The summed E-state index contributed by atoms with van der Waals surface area (Å²) in [5.74, 6) is -4.27. The quantitative estimate of drug-likeness (QED) is 0.836. The second kappa shape index (κ2) is 5.60. The highest BCUT2D eigenvalue weighted by molar-refractivity contribution is 5.31. The fourth-order valence-electron chi connectivity index (χ4n) is 3.35. The molecule has 0 spiro atoms. The van der Waals surface area contributed by atoms with Gasteiger partial charge in [-0.1, -0.05) is 19.1 Å². The van der Waals surface area contributed by atoms with E-state index in [4.69, 9.17) is 4.74 Å². The number of fused-ring (bicyclic) bond motifs is 2. The Morgan fingerprint density at radius 1 is 0.957 bits per heavy atom. The standard InChI is InChI=1S/C17H18F4O2/c1-2-10-3-4-11(13(19)12(10)18)9-23-17-7-5-16(22,6-8-17)14(20)15(17)21/h3-4,22H,2,5-9H2,1H3. The molecule has 1 aromatic carbocycles. The molecule has 0 aromatic heterocycles. The summed E-state index contributed by atoms with van der Waals surface area (Å²) in [7, 11) is 0. The lowest BCUT2D eigenvalue weighted by Crippen LogP contribution is -2.51. The molecule has 1 aromatic rings. The minimum atomic E-state index is -1.74. The third-order valence-electron chi connectivity index (χ3n) is 5.01. The summed E-state index contributed by atoms with van der Waals surface area (Å²) in [6.07, 6.45) is 0.685. The lowest BCUT2D eigenvalue weighted by Gasteiger charge is -2.47. The van der Waals surface area contributed by atoms with Crippen LogP contribution < -0.4 is 0 Å². The van der Waals surface area contributed by atoms with E-state index in [1.807, 2.05) is 0 Å². The maximum absolute atomic E-state index is 14.2. The van der Waals surface area contributed by atoms with E-state index in [1.54, 1.807) is 6.92 Å². The minimum absolute atomic E-state index is 0.0336. The molecule has 3 aliphatic carbocycles. The Hall–Kier alpha value is -1.40. The molecule has 3 aliphatic rings. The van der Waals surface area contributed by atoms with Gasteiger partial charge in [-0.25, -0.2) is 17.6 Å². The predicted molar refractivity (Wildman–Crippen MR) is 75.9 cm³/mol. The van der Waals surface area contributed by atoms with E-state index in [0.717, 1.165) is 0 Å². The van der Waals surface area contributed by atoms with Crippen molar-refractivity contribution in [2.24, 2.45) is 0 Å². The summed E-state index contributed by atoms with van der Waals surface area (Å²) in [4.78, 5) is 0. The van der Waals surface area contributed by atoms with Crippen LogP contribution in [0.1, 0.15) is 43.7 Å². The van der Waals surface area contributed by atoms with Crippen LogP contribution in [0.25, 0.3) is 0 Å². The van der Waals surface area contributed by atoms with Crippen molar-refractivity contribution in [2.45, 2.75) is 56.8 Å². The molecule has 4 rings (SSSR count). The van der Waals surface area contributed by atoms with Gasteiger partial charge in [0.15, 0.2) is 23.3 Å². The lowest BCUT2D eigenvalue weighted by atomic mass is 9.68. The fraction of sp³-hybridized carbons (Fsp3) is 0.529. The van der Waals surface area contributed by atoms with Crippen molar-refractivity contribution in [2.75, 3.05) is 0 Å². The molecule has 126 valence electrons. The lowest BCUT2D eigenvalue weighted by molar-refractivity contribution is -0.133. The fourth-order valence-corrected chi connectivity index (χ4v) is 3.35. The van der Waals surface area contributed by atoms with Crippen LogP contribution in [-0.2, 0) is 17.8 Å². The van der Waals surface area contributed by atoms with Crippen LogP contribution in [0, 0.1) is 11.6 Å². The number of halogens is 4. The predicted octanol–water partition coefficient (Wildman–Crippen LogP) is 4.25. The van der Waals surface area contributed by atoms with Crippen LogP contribution >= 0.6 is 0 Å². The van der Waals surface area contributed by atoms with Gasteiger partial charge in [0.2, 0.25) is 0 Å². The molecule has 2 nitrogen and oxygen atoms in total. The molecule has 0 heterocycles. The highest BCUT2D eigenvalue weighted by atomic mass is 19.2. The second-order valence-electron chi connectivity index (χ2n) is 6.31. The molecule has 1 saturated carbocycles. The monoisotopic (exact) mass is 330 g/mol. The van der Waals surface area contributed by atoms with Crippen molar-refractivity contribution in [3.8, 4) is 0 Å². The van der Waals surface area contributed by atoms with E-state index in [2.05, 4.69) is 0 Å². The van der Waals surface area contributed by atoms with Crippen LogP contribution in [0.3, 0.4) is 0 Å². The van der Waals surface area contributed by atoms with Crippen molar-refractivity contribution in [3.05, 3.63) is 46.5 Å². The van der Waals surface area contributed by atoms with Gasteiger partial charge in [0, 0.05) is 5.56 Å². The highest BCUT2D eigenvalue weighted by Crippen LogP contribution is 2.53. The number of ether oxygens (including phenoxy) is 1. The highest BCUT2D eigenvalue weighted by Gasteiger charge is 2.56. The van der Waals surface area contributed by atoms with Gasteiger partial charge in [0.05, 0.1) is 6.61 Å². The Bertz CT molecular complexity index is 661. The van der Waals surface area contributed by atoms with Gasteiger partial charge in [-0.3, -0.25) is 0 Å². The van der Waals surface area contributed by atoms with Gasteiger partial charge in [0.1, 0.15) is 11.2 Å². The van der Waals surface area contributed by atoms with E-state index < -0.39 is 34.5 Å². The van der Waals surface area contributed by atoms with Crippen molar-refractivity contribution in [1.82, 2.24) is 0 Å². The molecular weight excluding hydrogens is 312 g/mol. The Morgan fingerprint density at radius 2 is 1.52 bits per heavy atom. The number of benzene rings is 1. The number of hydrogen-bond donors (Lipinski definition) is 1. The topological polar surface area (TPSA) is 29.5 Å². The summed E-state index contributed by atoms with van der Waals surface area (Å²) >= 11 is 0. The van der Waals surface area contributed by atoms with Crippen LogP contribution in [-0.4, -0.2) is 16.3 Å². The molecule has 0 unspecified atom stereocenters. The number of aryl methyl sites for hydroxylation is 1. The minimum Gasteiger partial charge on any atom is -0.383 e. The van der Waals surface area contributed by atoms with Crippen LogP contribution in [0.5, 0.6) is 0 Å². The van der Waals surface area contributed by atoms with Crippen molar-refractivity contribution in [3.63, 3.8) is 0 Å². The van der Waals surface area contributed by atoms with E-state index >= 15 is 0 Å². The molecule has 0 saturated heterocycles. The van der Waals surface area contributed by atoms with E-state index in [-0.39, 0.29) is 43.4 Å². The normalized spacial score (nSPS) is 30.2. The molecule has 0 aliphatic heterocycles. The Morgan fingerprint density at radius 3 is 2.13 bits per heavy atom. The van der Waals surface area contributed by atoms with Crippen LogP contribution in [0.15, 0.2) is 23.8 Å². The molecule has 1 N–H and O–H groups in total. The molecule has 23 heavy (non-hydrogen) atoms. The average Bonchev–Trinajstić information content (AvgIpc) is 2.55. The molecule has 0 atom stereocenters. The SMILES string of the molecule is CCc1ccc(COC23CCC(O)(CC2)C(F)=C3F)c(F)c1F. The van der Waals surface area contributed by atoms with Gasteiger partial charge in [-0.15, -0.1) is 0 Å². The summed E-state index contributed by atoms with van der Waals surface area (Å²) in [5.41, 5.74) is -3.01. The van der Waals surface area contributed by atoms with E-state index in [0.29, 0.717) is 6.42 Å². The second-order valence-corrected chi connectivity index (χ2v) is 6.31. The molecule has 2 bridgehead atoms. The maximum atomic E-state index is 14.2. The first kappa shape index (κ1) is 16.5. The van der Waals surface area contributed by atoms with Crippen molar-refractivity contribution in [1.29, 1.82) is 0 Å². The maximum Gasteiger partial charge on any atom is 0.166 e. The Kier molecular flexibility index (Phi) is 4.01. The largest absolute Gasteiger partial charge is 0.383 e. The van der Waals surface area contributed by atoms with Crippen molar-refractivity contribution < 1.29 is 27.4 Å². The number of rotatable bonds is 4. The third-order valence-corrected chi connectivity index (χ3v) is 5.01. The van der Waals surface area contributed by atoms with Gasteiger partial charge < -0.3 is 9.84 Å². The Balaban J connectivity index is 1.83. The summed E-state index contributed by atoms with van der Waals surface area (Å²) in [6, 6.07) is 2.86. The zero-order chi connectivity index (χ0) is 16.8. The van der Waals surface area contributed by atoms with Crippen LogP contribution in [0.2, 0.25) is 0 Å². The van der Waals surface area contributed by atoms with Gasteiger partial charge in [0.25, 0.3) is 0 Å². The average molecular weight is 330 g/mol. The van der Waals surface area contributed by atoms with Gasteiger partial charge in [-0.05, 0) is 37.7 Å². The third kappa shape index (κ3) is 2.48.